The second-order valence-electron chi connectivity index (χ2n) is 21.7. The molecule has 0 aliphatic carbocycles. The van der Waals surface area contributed by atoms with Gasteiger partial charge >= 0.3 is 0 Å². The molecule has 12 aromatic carbocycles. The van der Waals surface area contributed by atoms with Gasteiger partial charge in [0.25, 0.3) is 0 Å². The zero-order valence-corrected chi connectivity index (χ0v) is 48.9. The second kappa shape index (κ2) is 19.4. The van der Waals surface area contributed by atoms with Crippen LogP contribution in [0.3, 0.4) is 0 Å². The Balaban J connectivity index is 0.869. The molecular weight excluding hydrogens is 1070 g/mol. The smallest absolute Gasteiger partial charge is 0.0640 e. The van der Waals surface area contributed by atoms with Crippen LogP contribution in [-0.4, -0.2) is 0 Å². The molecule has 0 radical (unpaired) electrons. The van der Waals surface area contributed by atoms with Crippen molar-refractivity contribution >= 4 is 160 Å². The van der Waals surface area contributed by atoms with Crippen LogP contribution in [0, 0.1) is 27.7 Å². The van der Waals surface area contributed by atoms with E-state index in [1.165, 1.54) is 159 Å². The molecule has 82 heavy (non-hydrogen) atoms. The van der Waals surface area contributed by atoms with Crippen LogP contribution >= 0.6 is 45.3 Å². The molecule has 0 aliphatic heterocycles. The van der Waals surface area contributed by atoms with Crippen molar-refractivity contribution in [3.8, 4) is 33.4 Å². The largest absolute Gasteiger partial charge is 0.308 e. The topological polar surface area (TPSA) is 6.48 Å². The molecule has 0 fully saturated rings. The van der Waals surface area contributed by atoms with Gasteiger partial charge in [0.1, 0.15) is 0 Å². The normalized spacial score (nSPS) is 11.9. The first kappa shape index (κ1) is 49.0. The fraction of sp³-hybridized carbons (Fsp3) is 0.0526. The van der Waals surface area contributed by atoms with E-state index in [0.717, 1.165) is 11.4 Å². The minimum Gasteiger partial charge on any atom is -0.308 e. The molecule has 4 aromatic heterocycles. The lowest BCUT2D eigenvalue weighted by Crippen LogP contribution is -2.14. The van der Waals surface area contributed by atoms with Crippen LogP contribution in [0.1, 0.15) is 22.3 Å². The summed E-state index contributed by atoms with van der Waals surface area (Å²) in [5.74, 6) is 0. The highest BCUT2D eigenvalue weighted by atomic mass is 32.1. The highest BCUT2D eigenvalue weighted by Gasteiger charge is 2.28. The van der Waals surface area contributed by atoms with Gasteiger partial charge in [-0.15, -0.1) is 45.3 Å². The summed E-state index contributed by atoms with van der Waals surface area (Å²) in [6.45, 7) is 9.16. The molecule has 0 saturated carbocycles. The number of hydrogen-bond acceptors (Lipinski definition) is 6. The highest BCUT2D eigenvalue weighted by Crippen LogP contribution is 2.54. The van der Waals surface area contributed by atoms with E-state index in [0.29, 0.717) is 0 Å². The van der Waals surface area contributed by atoms with E-state index in [1.807, 2.05) is 45.3 Å². The number of aryl methyl sites for hydroxylation is 4. The molecule has 0 saturated heterocycles. The van der Waals surface area contributed by atoms with Gasteiger partial charge in [0.05, 0.1) is 32.1 Å². The van der Waals surface area contributed by atoms with Gasteiger partial charge in [-0.05, 0) is 122 Å². The highest BCUT2D eigenvalue weighted by molar-refractivity contribution is 7.27. The Kier molecular flexibility index (Phi) is 11.6. The lowest BCUT2D eigenvalue weighted by molar-refractivity contribution is 1.23. The number of hydrogen-bond donors (Lipinski definition) is 0. The number of fused-ring (bicyclic) bond motifs is 12. The van der Waals surface area contributed by atoms with Crippen LogP contribution in [0.25, 0.3) is 114 Å². The molecule has 0 spiro atoms. The number of nitrogens with zero attached hydrogens (tertiary/aromatic N) is 2. The first-order valence-corrected chi connectivity index (χ1v) is 31.2. The quantitative estimate of drug-likeness (QED) is 0.142. The number of benzene rings is 12. The fourth-order valence-corrected chi connectivity index (χ4v) is 17.9. The van der Waals surface area contributed by atoms with Crippen molar-refractivity contribution in [2.45, 2.75) is 27.7 Å². The van der Waals surface area contributed by atoms with E-state index >= 15 is 0 Å². The van der Waals surface area contributed by atoms with Crippen LogP contribution in [0.5, 0.6) is 0 Å². The zero-order valence-electron chi connectivity index (χ0n) is 45.6. The summed E-state index contributed by atoms with van der Waals surface area (Å²) in [5, 5.41) is 10.4. The first-order valence-electron chi connectivity index (χ1n) is 28.0. The molecule has 0 bridgehead atoms. The van der Waals surface area contributed by atoms with Crippen LogP contribution in [0.2, 0.25) is 0 Å². The molecule has 0 unspecified atom stereocenters. The Hall–Kier alpha value is -8.88. The lowest BCUT2D eigenvalue weighted by atomic mass is 9.94. The number of anilines is 6. The molecule has 390 valence electrons. The fourth-order valence-electron chi connectivity index (χ4n) is 13.0. The molecule has 16 aromatic rings. The van der Waals surface area contributed by atoms with Gasteiger partial charge in [-0.25, -0.2) is 0 Å². The molecule has 16 rings (SSSR count). The van der Waals surface area contributed by atoms with Gasteiger partial charge in [-0.3, -0.25) is 0 Å². The molecule has 4 heterocycles. The summed E-state index contributed by atoms with van der Waals surface area (Å²) in [6.07, 6.45) is 0. The summed E-state index contributed by atoms with van der Waals surface area (Å²) in [5.41, 5.74) is 19.2. The third kappa shape index (κ3) is 7.70. The summed E-state index contributed by atoms with van der Waals surface area (Å²) < 4.78 is 10.4. The standard InChI is InChI=1S/C76H52N2S4/c1-45-19-13-25-55(61-29-15-27-57-51-21-5-9-35-67(51)79-73(57)61)71(45)77(65-33-17-31-59-53-23-7-11-37-69(53)81-75(59)65)63-41-39-49(43-47(63)3)50-40-42-64(48(4)44-50)78(66-34-18-32-60-54-24-8-12-38-70(54)82-76(60)66)72-46(2)20-14-26-56(72)62-30-16-28-58-52-22-6-10-36-68(52)80-74(58)62/h5-44H,1-4H3. The second-order valence-corrected chi connectivity index (χ2v) is 25.9. The third-order valence-electron chi connectivity index (χ3n) is 16.8. The number of rotatable bonds is 9. The predicted molar refractivity (Wildman–Crippen MR) is 363 cm³/mol. The van der Waals surface area contributed by atoms with Gasteiger partial charge in [-0.2, -0.15) is 0 Å². The lowest BCUT2D eigenvalue weighted by Gasteiger charge is -2.32. The van der Waals surface area contributed by atoms with Crippen LogP contribution < -0.4 is 9.80 Å². The van der Waals surface area contributed by atoms with Crippen molar-refractivity contribution in [2.24, 2.45) is 0 Å². The van der Waals surface area contributed by atoms with E-state index in [-0.39, 0.29) is 0 Å². The van der Waals surface area contributed by atoms with E-state index in [4.69, 9.17) is 0 Å². The zero-order chi connectivity index (χ0) is 54.7. The van der Waals surface area contributed by atoms with Crippen LogP contribution in [0.4, 0.5) is 34.1 Å². The Bertz CT molecular complexity index is 4930. The van der Waals surface area contributed by atoms with Gasteiger partial charge in [0.2, 0.25) is 0 Å². The molecular formula is C76H52N2S4. The van der Waals surface area contributed by atoms with Crippen molar-refractivity contribution in [1.82, 2.24) is 0 Å². The van der Waals surface area contributed by atoms with E-state index in [1.54, 1.807) is 0 Å². The van der Waals surface area contributed by atoms with Crippen molar-refractivity contribution in [3.63, 3.8) is 0 Å². The summed E-state index contributed by atoms with van der Waals surface area (Å²) in [7, 11) is 0. The maximum absolute atomic E-state index is 2.58. The van der Waals surface area contributed by atoms with Gasteiger partial charge in [0, 0.05) is 105 Å². The molecule has 0 aliphatic rings. The molecule has 2 nitrogen and oxygen atoms in total. The average molecular weight is 1120 g/mol. The van der Waals surface area contributed by atoms with Gasteiger partial charge < -0.3 is 9.80 Å². The van der Waals surface area contributed by atoms with Gasteiger partial charge in [-0.1, -0.05) is 182 Å². The Morgan fingerprint density at radius 3 is 0.915 bits per heavy atom. The molecule has 0 atom stereocenters. The van der Waals surface area contributed by atoms with Crippen molar-refractivity contribution < 1.29 is 0 Å². The van der Waals surface area contributed by atoms with Gasteiger partial charge in [0.15, 0.2) is 0 Å². The third-order valence-corrected chi connectivity index (χ3v) is 21.6. The summed E-state index contributed by atoms with van der Waals surface area (Å²) in [6, 6.07) is 90.8. The Labute approximate surface area is 492 Å². The van der Waals surface area contributed by atoms with Crippen LogP contribution in [0.15, 0.2) is 243 Å². The summed E-state index contributed by atoms with van der Waals surface area (Å²) in [4.78, 5) is 5.15. The number of para-hydroxylation sites is 2. The SMILES string of the molecule is Cc1cc(-c2ccc(N(c3c(C)cccc3-c3cccc4c3sc3ccccc34)c3cccc4c3sc3ccccc34)c(C)c2)ccc1N(c1c(C)cccc1-c1cccc2c1sc1ccccc12)c1cccc2c1sc1ccccc12. The predicted octanol–water partition coefficient (Wildman–Crippen LogP) is 24.3. The Morgan fingerprint density at radius 2 is 0.537 bits per heavy atom. The maximum atomic E-state index is 2.58. The average Bonchev–Trinajstić information content (AvgIpc) is 4.09. The summed E-state index contributed by atoms with van der Waals surface area (Å²) >= 11 is 7.56. The monoisotopic (exact) mass is 1120 g/mol. The molecule has 6 heteroatoms. The minimum atomic E-state index is 1.16. The molecule has 0 N–H and O–H groups in total. The Morgan fingerprint density at radius 1 is 0.232 bits per heavy atom. The number of thiophene rings is 4. The van der Waals surface area contributed by atoms with Crippen molar-refractivity contribution in [3.05, 3.63) is 265 Å². The van der Waals surface area contributed by atoms with E-state index < -0.39 is 0 Å². The van der Waals surface area contributed by atoms with Crippen molar-refractivity contribution in [1.29, 1.82) is 0 Å². The minimum absolute atomic E-state index is 1.16. The van der Waals surface area contributed by atoms with E-state index in [9.17, 15) is 0 Å². The molecule has 0 amide bonds. The van der Waals surface area contributed by atoms with Crippen LogP contribution in [-0.2, 0) is 0 Å². The first-order chi connectivity index (χ1) is 40.3. The van der Waals surface area contributed by atoms with Crippen molar-refractivity contribution in [2.75, 3.05) is 9.80 Å². The maximum Gasteiger partial charge on any atom is 0.0640 e. The van der Waals surface area contributed by atoms with E-state index in [2.05, 4.69) is 280 Å².